The second-order valence-electron chi connectivity index (χ2n) is 8.01. The molecular weight excluding hydrogens is 364 g/mol. The van der Waals surface area contributed by atoms with Crippen LogP contribution >= 0.6 is 11.8 Å². The molecule has 27 heavy (non-hydrogen) atoms. The maximum atomic E-state index is 12.8. The van der Waals surface area contributed by atoms with Crippen LogP contribution < -0.4 is 5.32 Å². The first-order chi connectivity index (χ1) is 12.7. The summed E-state index contributed by atoms with van der Waals surface area (Å²) in [6.07, 6.45) is 3.09. The number of thioether (sulfide) groups is 1. The van der Waals surface area contributed by atoms with Crippen LogP contribution in [0.25, 0.3) is 5.52 Å². The average molecular weight is 388 g/mol. The Kier molecular flexibility index (Phi) is 4.14. The number of fused-ring (bicyclic) bond motifs is 2. The molecule has 2 aliphatic rings. The molecule has 8 heteroatoms. The van der Waals surface area contributed by atoms with E-state index in [1.54, 1.807) is 11.8 Å². The minimum absolute atomic E-state index is 0.00450. The number of hydrogen-bond donors (Lipinski definition) is 2. The second kappa shape index (κ2) is 6.15. The highest BCUT2D eigenvalue weighted by molar-refractivity contribution is 7.98. The fraction of sp³-hybridized carbons (Fsp3) is 0.526. The Morgan fingerprint density at radius 1 is 1.33 bits per heavy atom. The number of amides is 2. The molecule has 2 fully saturated rings. The van der Waals surface area contributed by atoms with E-state index in [-0.39, 0.29) is 23.7 Å². The van der Waals surface area contributed by atoms with Crippen molar-refractivity contribution in [3.05, 3.63) is 29.7 Å². The van der Waals surface area contributed by atoms with Crippen molar-refractivity contribution in [2.45, 2.75) is 31.3 Å². The van der Waals surface area contributed by atoms with Crippen LogP contribution in [-0.2, 0) is 10.3 Å². The first-order valence-corrected chi connectivity index (χ1v) is 10.3. The molecular formula is C19H24N4O3S. The lowest BCUT2D eigenvalue weighted by Crippen LogP contribution is -2.44. The molecule has 0 bridgehead atoms. The minimum Gasteiger partial charge on any atom is -0.465 e. The Morgan fingerprint density at radius 3 is 2.59 bits per heavy atom. The number of likely N-dealkylation sites (tertiary alicyclic amines) is 1. The van der Waals surface area contributed by atoms with Crippen LogP contribution in [-0.4, -0.2) is 50.7 Å². The molecule has 3 heterocycles. The number of carboxylic acid groups (broad SMARTS) is 1. The number of piperidine rings is 1. The lowest BCUT2D eigenvalue weighted by Gasteiger charge is -2.26. The highest BCUT2D eigenvalue weighted by Crippen LogP contribution is 2.52. The van der Waals surface area contributed by atoms with Crippen LogP contribution in [0.3, 0.4) is 0 Å². The standard InChI is InChI=1S/C19H24N4O3S/c1-10-6-5-7-23-14(10)16(27-4)20-17(23)19(2,3)21-15(24)13-11-8-22(18(25)26)9-12(11)13/h5-7,11-13H,8-9H2,1-4H3,(H,21,24)(H,25,26)/t11-,12+,13?. The van der Waals surface area contributed by atoms with Crippen molar-refractivity contribution in [2.75, 3.05) is 19.3 Å². The molecule has 1 aliphatic carbocycles. The predicted octanol–water partition coefficient (Wildman–Crippen LogP) is 2.57. The van der Waals surface area contributed by atoms with Crippen molar-refractivity contribution in [3.8, 4) is 0 Å². The normalized spacial score (nSPS) is 24.1. The van der Waals surface area contributed by atoms with Gasteiger partial charge in [0.2, 0.25) is 5.91 Å². The summed E-state index contributed by atoms with van der Waals surface area (Å²) in [6.45, 7) is 6.91. The van der Waals surface area contributed by atoms with E-state index in [9.17, 15) is 9.59 Å². The highest BCUT2D eigenvalue weighted by atomic mass is 32.2. The van der Waals surface area contributed by atoms with Crippen LogP contribution in [0.15, 0.2) is 23.4 Å². The number of aromatic nitrogens is 2. The van der Waals surface area contributed by atoms with E-state index in [4.69, 9.17) is 10.1 Å². The molecule has 2 N–H and O–H groups in total. The summed E-state index contributed by atoms with van der Waals surface area (Å²) >= 11 is 1.60. The SMILES string of the molecule is CSc1nc(C(C)(C)NC(=O)C2[C@H]3CN(C(=O)O)C[C@@H]23)n2cccc(C)c12. The summed E-state index contributed by atoms with van der Waals surface area (Å²) < 4.78 is 2.06. The maximum absolute atomic E-state index is 12.8. The molecule has 4 rings (SSSR count). The highest BCUT2D eigenvalue weighted by Gasteiger charge is 2.60. The van der Waals surface area contributed by atoms with Gasteiger partial charge in [0.25, 0.3) is 0 Å². The van der Waals surface area contributed by atoms with E-state index in [1.165, 1.54) is 4.90 Å². The van der Waals surface area contributed by atoms with Crippen molar-refractivity contribution in [3.63, 3.8) is 0 Å². The quantitative estimate of drug-likeness (QED) is 0.786. The topological polar surface area (TPSA) is 86.9 Å². The fourth-order valence-electron chi connectivity index (χ4n) is 4.37. The van der Waals surface area contributed by atoms with Gasteiger partial charge >= 0.3 is 6.09 Å². The van der Waals surface area contributed by atoms with Gasteiger partial charge in [-0.2, -0.15) is 0 Å². The molecule has 2 aromatic heterocycles. The average Bonchev–Trinajstić information content (AvgIpc) is 2.95. The number of carbonyl (C=O) groups excluding carboxylic acids is 1. The van der Waals surface area contributed by atoms with E-state index in [0.29, 0.717) is 13.1 Å². The number of nitrogens with one attached hydrogen (secondary N) is 1. The number of imidazole rings is 1. The van der Waals surface area contributed by atoms with Gasteiger partial charge < -0.3 is 19.7 Å². The Hall–Kier alpha value is -2.22. The molecule has 144 valence electrons. The number of rotatable bonds is 4. The van der Waals surface area contributed by atoms with E-state index in [0.717, 1.165) is 21.9 Å². The zero-order chi connectivity index (χ0) is 19.5. The third kappa shape index (κ3) is 2.86. The van der Waals surface area contributed by atoms with E-state index >= 15 is 0 Å². The Balaban J connectivity index is 1.55. The van der Waals surface area contributed by atoms with Crippen molar-refractivity contribution >= 4 is 29.3 Å². The zero-order valence-corrected chi connectivity index (χ0v) is 16.7. The van der Waals surface area contributed by atoms with Gasteiger partial charge in [-0.05, 0) is 50.5 Å². The lowest BCUT2D eigenvalue weighted by atomic mass is 10.0. The number of pyridine rings is 1. The summed E-state index contributed by atoms with van der Waals surface area (Å²) in [5.41, 5.74) is 1.58. The van der Waals surface area contributed by atoms with E-state index < -0.39 is 11.6 Å². The van der Waals surface area contributed by atoms with Gasteiger partial charge in [0.05, 0.1) is 11.1 Å². The van der Waals surface area contributed by atoms with Crippen LogP contribution in [0.2, 0.25) is 0 Å². The molecule has 1 aliphatic heterocycles. The van der Waals surface area contributed by atoms with Crippen LogP contribution in [0.5, 0.6) is 0 Å². The summed E-state index contributed by atoms with van der Waals surface area (Å²) in [4.78, 5) is 30.1. The number of carbonyl (C=O) groups is 2. The molecule has 2 aromatic rings. The van der Waals surface area contributed by atoms with Crippen LogP contribution in [0, 0.1) is 24.7 Å². The molecule has 1 saturated carbocycles. The number of nitrogens with zero attached hydrogens (tertiary/aromatic N) is 3. The second-order valence-corrected chi connectivity index (χ2v) is 8.80. The third-order valence-corrected chi connectivity index (χ3v) is 6.46. The van der Waals surface area contributed by atoms with E-state index in [2.05, 4.69) is 22.7 Å². The molecule has 7 nitrogen and oxygen atoms in total. The van der Waals surface area contributed by atoms with E-state index in [1.807, 2.05) is 32.4 Å². The number of hydrogen-bond acceptors (Lipinski definition) is 4. The summed E-state index contributed by atoms with van der Waals surface area (Å²) in [5.74, 6) is 1.01. The van der Waals surface area contributed by atoms with Crippen molar-refractivity contribution in [1.29, 1.82) is 0 Å². The van der Waals surface area contributed by atoms with Crippen LogP contribution in [0.4, 0.5) is 4.79 Å². The summed E-state index contributed by atoms with van der Waals surface area (Å²) in [6, 6.07) is 4.05. The predicted molar refractivity (Wildman–Crippen MR) is 103 cm³/mol. The van der Waals surface area contributed by atoms with Gasteiger partial charge in [0.15, 0.2) is 0 Å². The molecule has 2 amide bonds. The lowest BCUT2D eigenvalue weighted by molar-refractivity contribution is -0.125. The molecule has 1 unspecified atom stereocenters. The monoisotopic (exact) mass is 388 g/mol. The van der Waals surface area contributed by atoms with Gasteiger partial charge in [-0.25, -0.2) is 9.78 Å². The van der Waals surface area contributed by atoms with Crippen molar-refractivity contribution in [2.24, 2.45) is 17.8 Å². The molecule has 0 spiro atoms. The van der Waals surface area contributed by atoms with Crippen molar-refractivity contribution in [1.82, 2.24) is 19.6 Å². The maximum Gasteiger partial charge on any atom is 0.407 e. The van der Waals surface area contributed by atoms with Crippen molar-refractivity contribution < 1.29 is 14.7 Å². The molecule has 1 saturated heterocycles. The summed E-state index contributed by atoms with van der Waals surface area (Å²) in [5, 5.41) is 13.2. The summed E-state index contributed by atoms with van der Waals surface area (Å²) in [7, 11) is 0. The number of aryl methyl sites for hydroxylation is 1. The first-order valence-electron chi connectivity index (χ1n) is 9.06. The van der Waals surface area contributed by atoms with Crippen LogP contribution in [0.1, 0.15) is 25.2 Å². The zero-order valence-electron chi connectivity index (χ0n) is 15.9. The molecule has 3 atom stereocenters. The third-order valence-electron chi connectivity index (χ3n) is 5.79. The van der Waals surface area contributed by atoms with Gasteiger partial charge in [-0.15, -0.1) is 11.8 Å². The van der Waals surface area contributed by atoms with Gasteiger partial charge in [-0.1, -0.05) is 6.07 Å². The smallest absolute Gasteiger partial charge is 0.407 e. The first kappa shape index (κ1) is 18.2. The molecule has 0 aromatic carbocycles. The Labute approximate surface area is 162 Å². The van der Waals surface area contributed by atoms with Gasteiger partial charge in [0, 0.05) is 25.2 Å². The fourth-order valence-corrected chi connectivity index (χ4v) is 5.00. The molecule has 0 radical (unpaired) electrons. The largest absolute Gasteiger partial charge is 0.465 e. The van der Waals surface area contributed by atoms with Gasteiger partial charge in [0.1, 0.15) is 10.9 Å². The Bertz CT molecular complexity index is 926. The van der Waals surface area contributed by atoms with Gasteiger partial charge in [-0.3, -0.25) is 4.79 Å². The minimum atomic E-state index is -0.898. The Morgan fingerprint density at radius 2 is 2.00 bits per heavy atom.